The van der Waals surface area contributed by atoms with Crippen molar-refractivity contribution in [3.63, 3.8) is 0 Å². The van der Waals surface area contributed by atoms with E-state index in [4.69, 9.17) is 0 Å². The van der Waals surface area contributed by atoms with Crippen molar-refractivity contribution in [3.05, 3.63) is 30.1 Å². The van der Waals surface area contributed by atoms with Crippen LogP contribution in [0.25, 0.3) is 6.08 Å². The minimum Gasteiger partial charge on any atom is -0.384 e. The fraction of sp³-hybridized carbons (Fsp3) is 0.300. The second-order valence-electron chi connectivity index (χ2n) is 3.00. The highest BCUT2D eigenvalue weighted by molar-refractivity contribution is 5.58. The lowest BCUT2D eigenvalue weighted by Crippen LogP contribution is -2.12. The molecule has 12 heavy (non-hydrogen) atoms. The molecule has 62 valence electrons. The van der Waals surface area contributed by atoms with Crippen LogP contribution < -0.4 is 5.32 Å². The summed E-state index contributed by atoms with van der Waals surface area (Å²) in [6, 6.07) is 2.11. The lowest BCUT2D eigenvalue weighted by molar-refractivity contribution is 0.801. The first kappa shape index (κ1) is 7.35. The Bertz CT molecular complexity index is 305. The van der Waals surface area contributed by atoms with E-state index in [1.807, 2.05) is 12.3 Å². The maximum atomic E-state index is 4.36. The van der Waals surface area contributed by atoms with E-state index in [2.05, 4.69) is 22.9 Å². The summed E-state index contributed by atoms with van der Waals surface area (Å²) in [4.78, 5) is 4.36. The fourth-order valence-corrected chi connectivity index (χ4v) is 1.45. The van der Waals surface area contributed by atoms with Crippen molar-refractivity contribution in [3.8, 4) is 0 Å². The quantitative estimate of drug-likeness (QED) is 0.680. The lowest BCUT2D eigenvalue weighted by Gasteiger charge is -2.16. The Morgan fingerprint density at radius 1 is 1.58 bits per heavy atom. The van der Waals surface area contributed by atoms with Crippen LogP contribution >= 0.6 is 0 Å². The average molecular weight is 160 g/mol. The minimum atomic E-state index is 1.06. The third kappa shape index (κ3) is 1.20. The molecule has 1 aliphatic heterocycles. The van der Waals surface area contributed by atoms with Crippen LogP contribution in [-0.2, 0) is 6.42 Å². The van der Waals surface area contributed by atoms with E-state index >= 15 is 0 Å². The molecular weight excluding hydrogens is 148 g/mol. The highest BCUT2D eigenvalue weighted by atomic mass is 14.9. The van der Waals surface area contributed by atoms with Crippen LogP contribution in [0.1, 0.15) is 17.7 Å². The molecule has 2 heterocycles. The van der Waals surface area contributed by atoms with E-state index in [0.717, 1.165) is 18.5 Å². The van der Waals surface area contributed by atoms with Crippen molar-refractivity contribution in [2.45, 2.75) is 12.8 Å². The van der Waals surface area contributed by atoms with Gasteiger partial charge in [-0.05, 0) is 24.5 Å². The van der Waals surface area contributed by atoms with Crippen LogP contribution in [0, 0.1) is 0 Å². The van der Waals surface area contributed by atoms with Gasteiger partial charge in [0, 0.05) is 12.7 Å². The van der Waals surface area contributed by atoms with Crippen LogP contribution in [0.3, 0.4) is 0 Å². The second kappa shape index (κ2) is 2.97. The van der Waals surface area contributed by atoms with Gasteiger partial charge in [-0.2, -0.15) is 0 Å². The first-order chi connectivity index (χ1) is 5.90. The van der Waals surface area contributed by atoms with Gasteiger partial charge in [-0.1, -0.05) is 12.7 Å². The third-order valence-electron chi connectivity index (χ3n) is 2.13. The zero-order valence-corrected chi connectivity index (χ0v) is 7.01. The number of aryl methyl sites for hydroxylation is 1. The van der Waals surface area contributed by atoms with Gasteiger partial charge < -0.3 is 5.32 Å². The Morgan fingerprint density at radius 3 is 3.33 bits per heavy atom. The summed E-state index contributed by atoms with van der Waals surface area (Å²) >= 11 is 0. The molecule has 2 rings (SSSR count). The van der Waals surface area contributed by atoms with Gasteiger partial charge >= 0.3 is 0 Å². The molecule has 0 fully saturated rings. The Morgan fingerprint density at radius 2 is 2.50 bits per heavy atom. The van der Waals surface area contributed by atoms with Crippen LogP contribution in [-0.4, -0.2) is 11.5 Å². The summed E-state index contributed by atoms with van der Waals surface area (Å²) in [5.41, 5.74) is 3.45. The predicted molar refractivity (Wildman–Crippen MR) is 51.1 cm³/mol. The summed E-state index contributed by atoms with van der Waals surface area (Å²) in [6.07, 6.45) is 5.98. The average Bonchev–Trinajstić information content (AvgIpc) is 2.17. The van der Waals surface area contributed by atoms with Crippen molar-refractivity contribution in [2.24, 2.45) is 0 Å². The van der Waals surface area contributed by atoms with Crippen molar-refractivity contribution in [2.75, 3.05) is 11.9 Å². The number of hydrogen-bond acceptors (Lipinski definition) is 2. The van der Waals surface area contributed by atoms with Crippen LogP contribution in [0.2, 0.25) is 0 Å². The molecule has 1 aromatic rings. The van der Waals surface area contributed by atoms with E-state index in [9.17, 15) is 0 Å². The summed E-state index contributed by atoms with van der Waals surface area (Å²) in [7, 11) is 0. The van der Waals surface area contributed by atoms with Gasteiger partial charge in [0.05, 0.1) is 11.4 Å². The molecule has 0 radical (unpaired) electrons. The van der Waals surface area contributed by atoms with Gasteiger partial charge in [-0.15, -0.1) is 0 Å². The first-order valence-corrected chi connectivity index (χ1v) is 4.25. The zero-order valence-electron chi connectivity index (χ0n) is 7.01. The lowest BCUT2D eigenvalue weighted by atomic mass is 10.1. The Balaban J connectivity index is 2.42. The Kier molecular flexibility index (Phi) is 1.82. The number of fused-ring (bicyclic) bond motifs is 1. The van der Waals surface area contributed by atoms with Crippen molar-refractivity contribution >= 4 is 11.8 Å². The van der Waals surface area contributed by atoms with E-state index in [-0.39, 0.29) is 0 Å². The predicted octanol–water partition coefficient (Wildman–Crippen LogP) is 2.08. The largest absolute Gasteiger partial charge is 0.384 e. The minimum absolute atomic E-state index is 1.06. The number of hydrogen-bond donors (Lipinski definition) is 1. The molecule has 0 unspecified atom stereocenters. The van der Waals surface area contributed by atoms with Gasteiger partial charge in [-0.3, -0.25) is 4.98 Å². The molecule has 1 N–H and O–H groups in total. The van der Waals surface area contributed by atoms with Crippen molar-refractivity contribution < 1.29 is 0 Å². The van der Waals surface area contributed by atoms with Crippen LogP contribution in [0.15, 0.2) is 18.8 Å². The number of rotatable bonds is 1. The molecule has 2 heteroatoms. The molecule has 0 atom stereocenters. The molecule has 2 nitrogen and oxygen atoms in total. The van der Waals surface area contributed by atoms with E-state index in [0.29, 0.717) is 0 Å². The number of aromatic nitrogens is 1. The molecule has 0 amide bonds. The summed E-state index contributed by atoms with van der Waals surface area (Å²) in [5.74, 6) is 0. The Hall–Kier alpha value is -1.31. The maximum Gasteiger partial charge on any atom is 0.0635 e. The van der Waals surface area contributed by atoms with E-state index in [1.54, 1.807) is 0 Å². The number of nitrogens with one attached hydrogen (secondary N) is 1. The molecule has 0 saturated heterocycles. The molecule has 0 aromatic carbocycles. The highest BCUT2D eigenvalue weighted by Gasteiger charge is 2.08. The summed E-state index contributed by atoms with van der Waals surface area (Å²) in [6.45, 7) is 4.78. The number of anilines is 1. The Labute approximate surface area is 72.3 Å². The zero-order chi connectivity index (χ0) is 8.39. The van der Waals surface area contributed by atoms with Crippen LogP contribution in [0.4, 0.5) is 5.69 Å². The van der Waals surface area contributed by atoms with Gasteiger partial charge in [0.2, 0.25) is 0 Å². The first-order valence-electron chi connectivity index (χ1n) is 4.25. The molecule has 0 bridgehead atoms. The monoisotopic (exact) mass is 160 g/mol. The molecule has 0 saturated carbocycles. The van der Waals surface area contributed by atoms with Gasteiger partial charge in [0.1, 0.15) is 0 Å². The normalized spacial score (nSPS) is 14.7. The SMILES string of the molecule is C=Cc1cnc2c(c1)NCCC2. The van der Waals surface area contributed by atoms with Crippen molar-refractivity contribution in [1.29, 1.82) is 0 Å². The van der Waals surface area contributed by atoms with Gasteiger partial charge in [0.15, 0.2) is 0 Å². The summed E-state index contributed by atoms with van der Waals surface area (Å²) < 4.78 is 0. The van der Waals surface area contributed by atoms with Crippen molar-refractivity contribution in [1.82, 2.24) is 4.98 Å². The summed E-state index contributed by atoms with van der Waals surface area (Å²) in [5, 5.41) is 3.33. The number of nitrogens with zero attached hydrogens (tertiary/aromatic N) is 1. The smallest absolute Gasteiger partial charge is 0.0635 e. The molecule has 1 aromatic heterocycles. The second-order valence-corrected chi connectivity index (χ2v) is 3.00. The standard InChI is InChI=1S/C10H12N2/c1-2-8-6-10-9(12-7-8)4-3-5-11-10/h2,6-7,11H,1,3-5H2. The molecule has 0 aliphatic carbocycles. The van der Waals surface area contributed by atoms with Gasteiger partial charge in [0.25, 0.3) is 0 Å². The highest BCUT2D eigenvalue weighted by Crippen LogP contribution is 2.20. The molecular formula is C10H12N2. The van der Waals surface area contributed by atoms with Gasteiger partial charge in [-0.25, -0.2) is 0 Å². The van der Waals surface area contributed by atoms with E-state index < -0.39 is 0 Å². The molecule has 0 spiro atoms. The molecule has 1 aliphatic rings. The topological polar surface area (TPSA) is 24.9 Å². The number of pyridine rings is 1. The van der Waals surface area contributed by atoms with E-state index in [1.165, 1.54) is 17.8 Å². The van der Waals surface area contributed by atoms with Crippen LogP contribution in [0.5, 0.6) is 0 Å². The maximum absolute atomic E-state index is 4.36. The fourth-order valence-electron chi connectivity index (χ4n) is 1.45. The third-order valence-corrected chi connectivity index (χ3v) is 2.13.